The zero-order chi connectivity index (χ0) is 18.8. The molecule has 0 aliphatic rings. The molecular formula is C19H15N5O2S. The maximum absolute atomic E-state index is 12.6. The van der Waals surface area contributed by atoms with Gasteiger partial charge in [0.05, 0.1) is 11.1 Å². The van der Waals surface area contributed by atoms with Crippen LogP contribution in [0.2, 0.25) is 0 Å². The standard InChI is InChI=1S/C19H15N5O2S/c1-12-14-9-5-6-10-15(14)18(26)24(23-12)11-16(25)20-19-22-21-17(27-19)13-7-3-2-4-8-13/h2-10H,11H2,1H3,(H,20,22,25). The van der Waals surface area contributed by atoms with Crippen LogP contribution in [-0.4, -0.2) is 25.9 Å². The summed E-state index contributed by atoms with van der Waals surface area (Å²) in [5.41, 5.74) is 1.33. The molecule has 2 aromatic carbocycles. The van der Waals surface area contributed by atoms with Gasteiger partial charge >= 0.3 is 0 Å². The van der Waals surface area contributed by atoms with Crippen LogP contribution >= 0.6 is 11.3 Å². The first-order valence-corrected chi connectivity index (χ1v) is 9.09. The highest BCUT2D eigenvalue weighted by atomic mass is 32.1. The average molecular weight is 377 g/mol. The van der Waals surface area contributed by atoms with E-state index in [4.69, 9.17) is 0 Å². The van der Waals surface area contributed by atoms with Crippen molar-refractivity contribution in [2.24, 2.45) is 0 Å². The second-order valence-electron chi connectivity index (χ2n) is 5.92. The van der Waals surface area contributed by atoms with E-state index in [1.54, 1.807) is 12.1 Å². The van der Waals surface area contributed by atoms with Gasteiger partial charge < -0.3 is 0 Å². The van der Waals surface area contributed by atoms with Crippen LogP contribution in [0.5, 0.6) is 0 Å². The number of rotatable bonds is 4. The normalized spacial score (nSPS) is 10.9. The predicted octanol–water partition coefficient (Wildman–Crippen LogP) is 2.86. The Bertz CT molecular complexity index is 1180. The number of carbonyl (C=O) groups excluding carboxylic acids is 1. The van der Waals surface area contributed by atoms with Crippen molar-refractivity contribution in [3.63, 3.8) is 0 Å². The van der Waals surface area contributed by atoms with Gasteiger partial charge in [-0.05, 0) is 13.0 Å². The average Bonchev–Trinajstić information content (AvgIpc) is 3.15. The zero-order valence-corrected chi connectivity index (χ0v) is 15.2. The van der Waals surface area contributed by atoms with Crippen LogP contribution in [0.1, 0.15) is 5.69 Å². The molecule has 0 radical (unpaired) electrons. The number of nitrogens with one attached hydrogen (secondary N) is 1. The third-order valence-corrected chi connectivity index (χ3v) is 4.93. The summed E-state index contributed by atoms with van der Waals surface area (Å²) in [5, 5.41) is 17.4. The number of anilines is 1. The number of benzene rings is 2. The minimum absolute atomic E-state index is 0.190. The molecule has 8 heteroatoms. The van der Waals surface area contributed by atoms with Gasteiger partial charge in [-0.15, -0.1) is 10.2 Å². The van der Waals surface area contributed by atoms with Crippen LogP contribution in [-0.2, 0) is 11.3 Å². The van der Waals surface area contributed by atoms with Crippen molar-refractivity contribution in [3.8, 4) is 10.6 Å². The van der Waals surface area contributed by atoms with Crippen molar-refractivity contribution >= 4 is 33.1 Å². The molecule has 0 aliphatic heterocycles. The molecule has 7 nitrogen and oxygen atoms in total. The maximum atomic E-state index is 12.6. The van der Waals surface area contributed by atoms with Gasteiger partial charge in [-0.25, -0.2) is 4.68 Å². The van der Waals surface area contributed by atoms with Crippen molar-refractivity contribution in [1.82, 2.24) is 20.0 Å². The first-order valence-electron chi connectivity index (χ1n) is 8.27. The summed E-state index contributed by atoms with van der Waals surface area (Å²) >= 11 is 1.27. The maximum Gasteiger partial charge on any atom is 0.275 e. The number of aryl methyl sites for hydroxylation is 1. The number of nitrogens with zero attached hydrogens (tertiary/aromatic N) is 4. The van der Waals surface area contributed by atoms with Crippen LogP contribution < -0.4 is 10.9 Å². The number of fused-ring (bicyclic) bond motifs is 1. The third kappa shape index (κ3) is 3.47. The lowest BCUT2D eigenvalue weighted by molar-refractivity contribution is -0.117. The van der Waals surface area contributed by atoms with Gasteiger partial charge in [0.1, 0.15) is 11.6 Å². The lowest BCUT2D eigenvalue weighted by Gasteiger charge is -2.08. The Morgan fingerprint density at radius 3 is 2.52 bits per heavy atom. The SMILES string of the molecule is Cc1nn(CC(=O)Nc2nnc(-c3ccccc3)s2)c(=O)c2ccccc12. The van der Waals surface area contributed by atoms with E-state index < -0.39 is 0 Å². The molecular weight excluding hydrogens is 362 g/mol. The largest absolute Gasteiger partial charge is 0.299 e. The summed E-state index contributed by atoms with van der Waals surface area (Å²) < 4.78 is 1.17. The highest BCUT2D eigenvalue weighted by Gasteiger charge is 2.13. The summed E-state index contributed by atoms with van der Waals surface area (Å²) in [6.07, 6.45) is 0. The van der Waals surface area contributed by atoms with Crippen molar-refractivity contribution in [2.45, 2.75) is 13.5 Å². The second kappa shape index (κ2) is 7.08. The van der Waals surface area contributed by atoms with Crippen molar-refractivity contribution in [1.29, 1.82) is 0 Å². The molecule has 1 amide bonds. The summed E-state index contributed by atoms with van der Waals surface area (Å²) in [6.45, 7) is 1.62. The van der Waals surface area contributed by atoms with Crippen LogP contribution in [0.25, 0.3) is 21.3 Å². The van der Waals surface area contributed by atoms with Gasteiger partial charge in [0, 0.05) is 10.9 Å². The van der Waals surface area contributed by atoms with Crippen LogP contribution in [0.4, 0.5) is 5.13 Å². The number of amides is 1. The minimum Gasteiger partial charge on any atom is -0.299 e. The fraction of sp³-hybridized carbons (Fsp3) is 0.105. The van der Waals surface area contributed by atoms with Crippen LogP contribution in [0, 0.1) is 6.92 Å². The van der Waals surface area contributed by atoms with Gasteiger partial charge in [-0.1, -0.05) is 59.9 Å². The molecule has 0 fully saturated rings. The van der Waals surface area contributed by atoms with E-state index in [9.17, 15) is 9.59 Å². The molecule has 0 unspecified atom stereocenters. The van der Waals surface area contributed by atoms with E-state index in [1.165, 1.54) is 16.0 Å². The molecule has 134 valence electrons. The highest BCUT2D eigenvalue weighted by Crippen LogP contribution is 2.25. The van der Waals surface area contributed by atoms with Crippen LogP contribution in [0.15, 0.2) is 59.4 Å². The van der Waals surface area contributed by atoms with Crippen molar-refractivity contribution in [2.75, 3.05) is 5.32 Å². The van der Waals surface area contributed by atoms with Gasteiger partial charge in [0.15, 0.2) is 0 Å². The van der Waals surface area contributed by atoms with E-state index in [0.717, 1.165) is 10.9 Å². The molecule has 2 heterocycles. The van der Waals surface area contributed by atoms with Gasteiger partial charge in [-0.2, -0.15) is 5.10 Å². The molecule has 4 rings (SSSR count). The molecule has 0 saturated carbocycles. The summed E-state index contributed by atoms with van der Waals surface area (Å²) in [7, 11) is 0. The van der Waals surface area contributed by atoms with Gasteiger partial charge in [0.25, 0.3) is 5.56 Å². The predicted molar refractivity (Wildman–Crippen MR) is 105 cm³/mol. The summed E-state index contributed by atoms with van der Waals surface area (Å²) in [5.74, 6) is -0.380. The Hall–Kier alpha value is -3.39. The first-order chi connectivity index (χ1) is 13.1. The lowest BCUT2D eigenvalue weighted by Crippen LogP contribution is -2.30. The third-order valence-electron chi connectivity index (χ3n) is 4.04. The molecule has 0 spiro atoms. The van der Waals surface area contributed by atoms with Crippen molar-refractivity contribution in [3.05, 3.63) is 70.6 Å². The smallest absolute Gasteiger partial charge is 0.275 e. The molecule has 0 atom stereocenters. The van der Waals surface area contributed by atoms with Gasteiger partial charge in [-0.3, -0.25) is 14.9 Å². The van der Waals surface area contributed by atoms with E-state index in [2.05, 4.69) is 20.6 Å². The molecule has 4 aromatic rings. The fourth-order valence-corrected chi connectivity index (χ4v) is 3.54. The Balaban J connectivity index is 1.54. The second-order valence-corrected chi connectivity index (χ2v) is 6.90. The zero-order valence-electron chi connectivity index (χ0n) is 14.4. The minimum atomic E-state index is -0.380. The van der Waals surface area contributed by atoms with E-state index in [1.807, 2.05) is 49.4 Å². The summed E-state index contributed by atoms with van der Waals surface area (Å²) in [6, 6.07) is 16.8. The topological polar surface area (TPSA) is 89.8 Å². The van der Waals surface area contributed by atoms with Gasteiger partial charge in [0.2, 0.25) is 11.0 Å². The first kappa shape index (κ1) is 17.0. The quantitative estimate of drug-likeness (QED) is 0.591. The number of hydrogen-bond donors (Lipinski definition) is 1. The van der Waals surface area contributed by atoms with E-state index >= 15 is 0 Å². The highest BCUT2D eigenvalue weighted by molar-refractivity contribution is 7.18. The number of hydrogen-bond acceptors (Lipinski definition) is 6. The van der Waals surface area contributed by atoms with E-state index in [0.29, 0.717) is 21.2 Å². The molecule has 0 bridgehead atoms. The monoisotopic (exact) mass is 377 g/mol. The molecule has 0 aliphatic carbocycles. The molecule has 27 heavy (non-hydrogen) atoms. The lowest BCUT2D eigenvalue weighted by atomic mass is 10.1. The molecule has 0 saturated heterocycles. The van der Waals surface area contributed by atoms with Crippen LogP contribution in [0.3, 0.4) is 0 Å². The van der Waals surface area contributed by atoms with Crippen molar-refractivity contribution < 1.29 is 4.79 Å². The molecule has 1 N–H and O–H groups in total. The Morgan fingerprint density at radius 1 is 1.04 bits per heavy atom. The Kier molecular flexibility index (Phi) is 4.47. The van der Waals surface area contributed by atoms with E-state index in [-0.39, 0.29) is 18.0 Å². The summed E-state index contributed by atoms with van der Waals surface area (Å²) in [4.78, 5) is 24.9. The number of carbonyl (C=O) groups is 1. The fourth-order valence-electron chi connectivity index (χ4n) is 2.78. The number of aromatic nitrogens is 4. The Labute approximate surface area is 158 Å². The Morgan fingerprint density at radius 2 is 1.74 bits per heavy atom. The molecule has 2 aromatic heterocycles.